The minimum Gasteiger partial charge on any atom is -0.462 e. The number of hydrogen-bond donors (Lipinski definition) is 1. The number of nitrogens with zero attached hydrogens (tertiary/aromatic N) is 1. The molecule has 1 saturated heterocycles. The number of nitrogen functional groups attached to an aromatic ring is 1. The summed E-state index contributed by atoms with van der Waals surface area (Å²) in [5.74, 6) is -0.943. The highest BCUT2D eigenvalue weighted by molar-refractivity contribution is 5.94. The molecule has 0 aliphatic carbocycles. The van der Waals surface area contributed by atoms with Crippen molar-refractivity contribution in [3.05, 3.63) is 29.6 Å². The normalized spacial score (nSPS) is 15.6. The van der Waals surface area contributed by atoms with E-state index in [2.05, 4.69) is 4.90 Å². The van der Waals surface area contributed by atoms with Gasteiger partial charge in [-0.25, -0.2) is 9.18 Å². The molecule has 2 N–H and O–H groups in total. The lowest BCUT2D eigenvalue weighted by molar-refractivity contribution is 0.0492. The Morgan fingerprint density at radius 2 is 2.11 bits per heavy atom. The first-order valence-electron chi connectivity index (χ1n) is 6.61. The smallest absolute Gasteiger partial charge is 0.340 e. The second kappa shape index (κ2) is 6.52. The monoisotopic (exact) mass is 266 g/mol. The Balaban J connectivity index is 1.74. The number of halogens is 1. The molecule has 0 atom stereocenters. The number of carbonyl (C=O) groups is 1. The molecule has 0 bridgehead atoms. The summed E-state index contributed by atoms with van der Waals surface area (Å²) in [6, 6.07) is 3.69. The van der Waals surface area contributed by atoms with E-state index in [1.54, 1.807) is 0 Å². The van der Waals surface area contributed by atoms with E-state index in [0.717, 1.165) is 32.1 Å². The van der Waals surface area contributed by atoms with Gasteiger partial charge in [-0.1, -0.05) is 0 Å². The van der Waals surface area contributed by atoms with Crippen LogP contribution in [0.5, 0.6) is 0 Å². The number of hydrogen-bond acceptors (Lipinski definition) is 4. The van der Waals surface area contributed by atoms with Crippen LogP contribution >= 0.6 is 0 Å². The Morgan fingerprint density at radius 1 is 1.37 bits per heavy atom. The summed E-state index contributed by atoms with van der Waals surface area (Å²) in [4.78, 5) is 14.1. The minimum atomic E-state index is -0.487. The van der Waals surface area contributed by atoms with Crippen LogP contribution in [0.25, 0.3) is 0 Å². The molecule has 4 nitrogen and oxygen atoms in total. The van der Waals surface area contributed by atoms with Crippen molar-refractivity contribution in [2.75, 3.05) is 32.0 Å². The first-order chi connectivity index (χ1) is 9.16. The van der Waals surface area contributed by atoms with Crippen molar-refractivity contribution in [1.29, 1.82) is 0 Å². The Morgan fingerprint density at radius 3 is 2.79 bits per heavy atom. The van der Waals surface area contributed by atoms with Gasteiger partial charge in [0, 0.05) is 12.2 Å². The molecule has 0 amide bonds. The van der Waals surface area contributed by atoms with Crippen LogP contribution in [-0.4, -0.2) is 37.1 Å². The zero-order chi connectivity index (χ0) is 13.7. The van der Waals surface area contributed by atoms with E-state index in [1.165, 1.54) is 25.0 Å². The standard InChI is InChI=1S/C14H19FN2O2/c15-11-4-5-12(13(16)10-11)14(18)19-9-3-8-17-6-1-2-7-17/h4-5,10H,1-3,6-9,16H2. The summed E-state index contributed by atoms with van der Waals surface area (Å²) in [5, 5.41) is 0. The molecule has 19 heavy (non-hydrogen) atoms. The molecule has 1 heterocycles. The van der Waals surface area contributed by atoms with Gasteiger partial charge in [-0.3, -0.25) is 0 Å². The van der Waals surface area contributed by atoms with Gasteiger partial charge >= 0.3 is 5.97 Å². The van der Waals surface area contributed by atoms with Gasteiger partial charge in [-0.05, 0) is 50.6 Å². The molecular weight excluding hydrogens is 247 g/mol. The van der Waals surface area contributed by atoms with Gasteiger partial charge in [-0.2, -0.15) is 0 Å². The van der Waals surface area contributed by atoms with E-state index in [4.69, 9.17) is 10.5 Å². The highest BCUT2D eigenvalue weighted by atomic mass is 19.1. The molecule has 1 aromatic rings. The average Bonchev–Trinajstić information content (AvgIpc) is 2.87. The van der Waals surface area contributed by atoms with E-state index >= 15 is 0 Å². The van der Waals surface area contributed by atoms with E-state index in [1.807, 2.05) is 0 Å². The van der Waals surface area contributed by atoms with Crippen molar-refractivity contribution in [2.45, 2.75) is 19.3 Å². The van der Waals surface area contributed by atoms with Crippen LogP contribution in [0, 0.1) is 5.82 Å². The second-order valence-corrected chi connectivity index (χ2v) is 4.77. The molecule has 0 aromatic heterocycles. The Labute approximate surface area is 112 Å². The van der Waals surface area contributed by atoms with Crippen molar-refractivity contribution < 1.29 is 13.9 Å². The van der Waals surface area contributed by atoms with Gasteiger partial charge in [0.05, 0.1) is 12.2 Å². The van der Waals surface area contributed by atoms with Crippen LogP contribution in [0.1, 0.15) is 29.6 Å². The quantitative estimate of drug-likeness (QED) is 0.503. The highest BCUT2D eigenvalue weighted by Gasteiger charge is 2.13. The molecule has 0 radical (unpaired) electrons. The number of carbonyl (C=O) groups excluding carboxylic acids is 1. The highest BCUT2D eigenvalue weighted by Crippen LogP contribution is 2.14. The first kappa shape index (κ1) is 13.8. The fraction of sp³-hybridized carbons (Fsp3) is 0.500. The zero-order valence-corrected chi connectivity index (χ0v) is 10.9. The minimum absolute atomic E-state index is 0.115. The molecule has 104 valence electrons. The summed E-state index contributed by atoms with van der Waals surface area (Å²) < 4.78 is 18.0. The number of likely N-dealkylation sites (tertiary alicyclic amines) is 1. The van der Waals surface area contributed by atoms with Gasteiger partial charge in [0.15, 0.2) is 0 Å². The molecule has 1 aromatic carbocycles. The summed E-state index contributed by atoms with van der Waals surface area (Å²) in [6.07, 6.45) is 3.32. The van der Waals surface area contributed by atoms with Gasteiger partial charge < -0.3 is 15.4 Å². The number of anilines is 1. The molecule has 1 fully saturated rings. The maximum atomic E-state index is 12.9. The third-order valence-corrected chi connectivity index (χ3v) is 3.28. The van der Waals surface area contributed by atoms with Crippen LogP contribution in [0.15, 0.2) is 18.2 Å². The number of rotatable bonds is 5. The molecule has 0 spiro atoms. The molecule has 0 saturated carbocycles. The van der Waals surface area contributed by atoms with E-state index in [9.17, 15) is 9.18 Å². The van der Waals surface area contributed by atoms with Gasteiger partial charge in [0.1, 0.15) is 5.82 Å². The van der Waals surface area contributed by atoms with Crippen LogP contribution < -0.4 is 5.73 Å². The van der Waals surface area contributed by atoms with Crippen molar-refractivity contribution in [3.8, 4) is 0 Å². The molecule has 1 aliphatic rings. The number of benzene rings is 1. The fourth-order valence-electron chi connectivity index (χ4n) is 2.26. The van der Waals surface area contributed by atoms with E-state index < -0.39 is 11.8 Å². The van der Waals surface area contributed by atoms with Crippen molar-refractivity contribution >= 4 is 11.7 Å². The SMILES string of the molecule is Nc1cc(F)ccc1C(=O)OCCCN1CCCC1. The summed E-state index contributed by atoms with van der Waals surface area (Å²) in [7, 11) is 0. The first-order valence-corrected chi connectivity index (χ1v) is 6.61. The van der Waals surface area contributed by atoms with Gasteiger partial charge in [0.2, 0.25) is 0 Å². The van der Waals surface area contributed by atoms with Gasteiger partial charge in [0.25, 0.3) is 0 Å². The summed E-state index contributed by atoms with van der Waals surface area (Å²) >= 11 is 0. The van der Waals surface area contributed by atoms with Crippen molar-refractivity contribution in [3.63, 3.8) is 0 Å². The van der Waals surface area contributed by atoms with Crippen LogP contribution in [0.3, 0.4) is 0 Å². The fourth-order valence-corrected chi connectivity index (χ4v) is 2.26. The van der Waals surface area contributed by atoms with Crippen molar-refractivity contribution in [1.82, 2.24) is 4.90 Å². The van der Waals surface area contributed by atoms with Crippen LogP contribution in [0.2, 0.25) is 0 Å². The summed E-state index contributed by atoms with van der Waals surface area (Å²) in [5.41, 5.74) is 5.92. The van der Waals surface area contributed by atoms with E-state index in [-0.39, 0.29) is 11.3 Å². The molecule has 0 unspecified atom stereocenters. The maximum absolute atomic E-state index is 12.9. The lowest BCUT2D eigenvalue weighted by Gasteiger charge is -2.14. The third kappa shape index (κ3) is 3.92. The molecular formula is C14H19FN2O2. The number of esters is 1. The maximum Gasteiger partial charge on any atom is 0.340 e. The largest absolute Gasteiger partial charge is 0.462 e. The zero-order valence-electron chi connectivity index (χ0n) is 10.9. The predicted octanol–water partition coefficient (Wildman–Crippen LogP) is 2.05. The number of ether oxygens (including phenoxy) is 1. The number of nitrogens with two attached hydrogens (primary N) is 1. The van der Waals surface area contributed by atoms with Crippen molar-refractivity contribution in [2.24, 2.45) is 0 Å². The Bertz CT molecular complexity index is 445. The van der Waals surface area contributed by atoms with Gasteiger partial charge in [-0.15, -0.1) is 0 Å². The van der Waals surface area contributed by atoms with E-state index in [0.29, 0.717) is 6.61 Å². The Kier molecular flexibility index (Phi) is 4.74. The third-order valence-electron chi connectivity index (χ3n) is 3.28. The summed E-state index contributed by atoms with van der Waals surface area (Å²) in [6.45, 7) is 3.59. The lowest BCUT2D eigenvalue weighted by Crippen LogP contribution is -2.22. The van der Waals surface area contributed by atoms with Crippen LogP contribution in [0.4, 0.5) is 10.1 Å². The molecule has 2 rings (SSSR count). The molecule has 5 heteroatoms. The predicted molar refractivity (Wildman–Crippen MR) is 71.4 cm³/mol. The topological polar surface area (TPSA) is 55.6 Å². The lowest BCUT2D eigenvalue weighted by atomic mass is 10.2. The second-order valence-electron chi connectivity index (χ2n) is 4.77. The Hall–Kier alpha value is -1.62. The molecule has 1 aliphatic heterocycles. The average molecular weight is 266 g/mol. The van der Waals surface area contributed by atoms with Crippen LogP contribution in [-0.2, 0) is 4.74 Å².